The maximum absolute atomic E-state index is 13.0. The lowest BCUT2D eigenvalue weighted by Gasteiger charge is -2.28. The number of rotatable bonds is 9. The van der Waals surface area contributed by atoms with Gasteiger partial charge in [0.05, 0.1) is 0 Å². The lowest BCUT2D eigenvalue weighted by atomic mass is 9.73. The molecule has 0 radical (unpaired) electrons. The Morgan fingerprint density at radius 2 is 1.78 bits per heavy atom. The number of Topliss-reactive ketones (excluding diaryl/α,β-unsaturated/α-hetero) is 1. The molecule has 1 unspecified atom stereocenters. The molecule has 0 aliphatic rings. The van der Waals surface area contributed by atoms with Crippen molar-refractivity contribution in [1.29, 1.82) is 0 Å². The number of hydrogen-bond acceptors (Lipinski definition) is 5. The second kappa shape index (κ2) is 9.29. The first-order valence-electron chi connectivity index (χ1n) is 9.30. The van der Waals surface area contributed by atoms with Gasteiger partial charge in [0.2, 0.25) is 0 Å². The van der Waals surface area contributed by atoms with Gasteiger partial charge in [-0.25, -0.2) is 4.79 Å². The Balaban J connectivity index is 2.11. The summed E-state index contributed by atoms with van der Waals surface area (Å²) in [6.07, 6.45) is 3.93. The number of aryl methyl sites for hydroxylation is 4. The van der Waals surface area contributed by atoms with Crippen molar-refractivity contribution in [2.75, 3.05) is 0 Å². The average Bonchev–Trinajstić information content (AvgIpc) is 3.12. The molecule has 1 aromatic heterocycles. The van der Waals surface area contributed by atoms with E-state index in [0.29, 0.717) is 12.0 Å². The van der Waals surface area contributed by atoms with Crippen molar-refractivity contribution in [1.82, 2.24) is 0 Å². The molecule has 0 fully saturated rings. The molecule has 1 heterocycles. The summed E-state index contributed by atoms with van der Waals surface area (Å²) in [4.78, 5) is 30.9. The van der Waals surface area contributed by atoms with Crippen LogP contribution in [0.5, 0.6) is 0 Å². The lowest BCUT2D eigenvalue weighted by molar-refractivity contribution is -0.239. The van der Waals surface area contributed by atoms with Crippen LogP contribution in [0, 0.1) is 20.8 Å². The quantitative estimate of drug-likeness (QED) is 0.273. The molecule has 5 heteroatoms. The van der Waals surface area contributed by atoms with Crippen molar-refractivity contribution < 1.29 is 19.7 Å². The molecule has 1 atom stereocenters. The fourth-order valence-electron chi connectivity index (χ4n) is 3.88. The van der Waals surface area contributed by atoms with Crippen LogP contribution in [0.15, 0.2) is 29.6 Å². The zero-order valence-electron chi connectivity index (χ0n) is 16.5. The van der Waals surface area contributed by atoms with Crippen molar-refractivity contribution >= 4 is 23.1 Å². The molecule has 2 aromatic rings. The van der Waals surface area contributed by atoms with Gasteiger partial charge in [-0.3, -0.25) is 9.68 Å². The van der Waals surface area contributed by atoms with E-state index < -0.39 is 11.4 Å². The molecule has 2 rings (SSSR count). The van der Waals surface area contributed by atoms with E-state index in [2.05, 4.69) is 16.3 Å². The Labute approximate surface area is 165 Å². The molecule has 1 N–H and O–H groups in total. The number of thiophene rings is 1. The van der Waals surface area contributed by atoms with Gasteiger partial charge in [-0.2, -0.15) is 5.26 Å². The van der Waals surface area contributed by atoms with Crippen molar-refractivity contribution in [2.24, 2.45) is 0 Å². The lowest BCUT2D eigenvalue weighted by Crippen LogP contribution is -2.43. The Morgan fingerprint density at radius 1 is 1.11 bits per heavy atom. The van der Waals surface area contributed by atoms with Crippen LogP contribution in [0.4, 0.5) is 0 Å². The van der Waals surface area contributed by atoms with Crippen LogP contribution in [-0.2, 0) is 26.3 Å². The van der Waals surface area contributed by atoms with Gasteiger partial charge in [-0.1, -0.05) is 30.2 Å². The molecule has 1 aromatic carbocycles. The van der Waals surface area contributed by atoms with Gasteiger partial charge in [0.25, 0.3) is 0 Å². The predicted octanol–water partition coefficient (Wildman–Crippen LogP) is 5.32. The van der Waals surface area contributed by atoms with Gasteiger partial charge in [0, 0.05) is 11.3 Å². The molecule has 0 saturated carbocycles. The summed E-state index contributed by atoms with van der Waals surface area (Å²) < 4.78 is 0. The summed E-state index contributed by atoms with van der Waals surface area (Å²) >= 11 is 1.74. The second-order valence-corrected chi connectivity index (χ2v) is 8.37. The summed E-state index contributed by atoms with van der Waals surface area (Å²) in [6, 6.07) is 8.05. The maximum atomic E-state index is 13.0. The van der Waals surface area contributed by atoms with E-state index in [1.807, 2.05) is 39.0 Å². The van der Waals surface area contributed by atoms with E-state index >= 15 is 0 Å². The van der Waals surface area contributed by atoms with E-state index in [0.717, 1.165) is 36.0 Å². The van der Waals surface area contributed by atoms with Gasteiger partial charge < -0.3 is 0 Å². The summed E-state index contributed by atoms with van der Waals surface area (Å²) in [5, 5.41) is 11.1. The van der Waals surface area contributed by atoms with Gasteiger partial charge in [-0.05, 0) is 75.1 Å². The number of unbranched alkanes of at least 4 members (excludes halogenated alkanes) is 2. The van der Waals surface area contributed by atoms with E-state index in [1.54, 1.807) is 18.3 Å². The first kappa shape index (κ1) is 21.3. The van der Waals surface area contributed by atoms with E-state index in [-0.39, 0.29) is 12.2 Å². The van der Waals surface area contributed by atoms with Crippen LogP contribution < -0.4 is 0 Å². The van der Waals surface area contributed by atoms with Crippen molar-refractivity contribution in [2.45, 2.75) is 65.2 Å². The largest absolute Gasteiger partial charge is 0.359 e. The highest BCUT2D eigenvalue weighted by Gasteiger charge is 2.46. The minimum atomic E-state index is -1.50. The highest BCUT2D eigenvalue weighted by Crippen LogP contribution is 2.34. The molecular weight excluding hydrogens is 360 g/mol. The minimum Gasteiger partial charge on any atom is -0.300 e. The van der Waals surface area contributed by atoms with Crippen LogP contribution in [-0.4, -0.2) is 17.0 Å². The van der Waals surface area contributed by atoms with Crippen LogP contribution >= 0.6 is 11.3 Å². The smallest absolute Gasteiger partial charge is 0.300 e. The molecule has 27 heavy (non-hydrogen) atoms. The molecule has 0 spiro atoms. The van der Waals surface area contributed by atoms with Gasteiger partial charge in [0.1, 0.15) is 0 Å². The molecular formula is C22H28O4S. The zero-order chi connectivity index (χ0) is 20.0. The van der Waals surface area contributed by atoms with Crippen molar-refractivity contribution in [3.8, 4) is 0 Å². The third-order valence-corrected chi connectivity index (χ3v) is 6.07. The third kappa shape index (κ3) is 4.85. The van der Waals surface area contributed by atoms with E-state index in [4.69, 9.17) is 5.26 Å². The Morgan fingerprint density at radius 3 is 2.33 bits per heavy atom. The number of benzene rings is 1. The summed E-state index contributed by atoms with van der Waals surface area (Å²) in [7, 11) is 0. The van der Waals surface area contributed by atoms with Crippen molar-refractivity contribution in [3.05, 3.63) is 56.8 Å². The van der Waals surface area contributed by atoms with Crippen molar-refractivity contribution in [3.63, 3.8) is 0 Å². The summed E-state index contributed by atoms with van der Waals surface area (Å²) in [6.45, 7) is 7.30. The summed E-state index contributed by atoms with van der Waals surface area (Å²) in [5.74, 6) is -1.13. The molecule has 0 saturated heterocycles. The number of carbonyl (C=O) groups is 2. The standard InChI is InChI=1S/C22H28O4S/c1-15-13-16(2)20(17(3)14-15)22(4,21(24)26-25)19(23)11-7-5-6-9-18-10-8-12-27-18/h8,10,12-14,25H,5-7,9,11H2,1-4H3. The molecule has 0 aliphatic heterocycles. The average molecular weight is 389 g/mol. The fourth-order valence-corrected chi connectivity index (χ4v) is 4.63. The zero-order valence-corrected chi connectivity index (χ0v) is 17.3. The van der Waals surface area contributed by atoms with Crippen LogP contribution in [0.25, 0.3) is 0 Å². The number of ketones is 1. The molecule has 146 valence electrons. The highest BCUT2D eigenvalue weighted by molar-refractivity contribution is 7.09. The topological polar surface area (TPSA) is 63.6 Å². The second-order valence-electron chi connectivity index (χ2n) is 7.34. The first-order valence-corrected chi connectivity index (χ1v) is 10.2. The molecule has 0 aliphatic carbocycles. The fraction of sp³-hybridized carbons (Fsp3) is 0.455. The minimum absolute atomic E-state index is 0.215. The van der Waals surface area contributed by atoms with Gasteiger partial charge in [-0.15, -0.1) is 11.3 Å². The molecule has 0 bridgehead atoms. The van der Waals surface area contributed by atoms with Gasteiger partial charge in [0.15, 0.2) is 11.2 Å². The highest BCUT2D eigenvalue weighted by atomic mass is 32.1. The number of carbonyl (C=O) groups excluding carboxylic acids is 2. The number of hydrogen-bond donors (Lipinski definition) is 1. The molecule has 4 nitrogen and oxygen atoms in total. The monoisotopic (exact) mass is 388 g/mol. The SMILES string of the molecule is Cc1cc(C)c(C(C)(C(=O)CCCCCc2cccs2)C(=O)OO)c(C)c1. The van der Waals surface area contributed by atoms with Crippen LogP contribution in [0.1, 0.15) is 59.7 Å². The Kier molecular flexibility index (Phi) is 7.33. The summed E-state index contributed by atoms with van der Waals surface area (Å²) in [5.41, 5.74) is 1.91. The Hall–Kier alpha value is -1.98. The van der Waals surface area contributed by atoms with Crippen LogP contribution in [0.2, 0.25) is 0 Å². The first-order chi connectivity index (χ1) is 12.8. The van der Waals surface area contributed by atoms with E-state index in [1.165, 1.54) is 4.88 Å². The predicted molar refractivity (Wildman–Crippen MR) is 108 cm³/mol. The van der Waals surface area contributed by atoms with Crippen LogP contribution in [0.3, 0.4) is 0 Å². The Bertz CT molecular complexity index is 772. The van der Waals surface area contributed by atoms with E-state index in [9.17, 15) is 9.59 Å². The van der Waals surface area contributed by atoms with Gasteiger partial charge >= 0.3 is 5.97 Å². The molecule has 0 amide bonds. The normalized spacial score (nSPS) is 13.2. The maximum Gasteiger partial charge on any atom is 0.359 e. The third-order valence-electron chi connectivity index (χ3n) is 5.13.